The van der Waals surface area contributed by atoms with Crippen molar-refractivity contribution in [1.82, 2.24) is 10.2 Å². The number of hydrogen-bond donors (Lipinski definition) is 2. The second kappa shape index (κ2) is 5.84. The SMILES string of the molecule is O=C(O)C1CSC(C2CC2)N1C(=O)NC1CCCCC1. The van der Waals surface area contributed by atoms with Gasteiger partial charge in [-0.25, -0.2) is 9.59 Å². The van der Waals surface area contributed by atoms with Crippen LogP contribution in [-0.4, -0.2) is 45.2 Å². The van der Waals surface area contributed by atoms with E-state index in [-0.39, 0.29) is 17.4 Å². The third kappa shape index (κ3) is 2.90. The predicted octanol–water partition coefficient (Wildman–Crippen LogP) is 2.27. The number of amides is 2. The highest BCUT2D eigenvalue weighted by atomic mass is 32.2. The van der Waals surface area contributed by atoms with Crippen molar-refractivity contribution in [3.63, 3.8) is 0 Å². The summed E-state index contributed by atoms with van der Waals surface area (Å²) in [5.74, 6) is 0.148. The molecular formula is C14H22N2O3S. The van der Waals surface area contributed by atoms with Gasteiger partial charge >= 0.3 is 12.0 Å². The van der Waals surface area contributed by atoms with Gasteiger partial charge in [-0.2, -0.15) is 0 Å². The number of rotatable bonds is 3. The molecule has 1 aliphatic heterocycles. The first-order chi connectivity index (χ1) is 9.66. The standard InChI is InChI=1S/C14H22N2O3S/c17-13(18)11-8-20-12(9-6-7-9)16(11)14(19)15-10-4-2-1-3-5-10/h9-12H,1-8H2,(H,15,19)(H,17,18). The van der Waals surface area contributed by atoms with Gasteiger partial charge in [0.1, 0.15) is 6.04 Å². The quantitative estimate of drug-likeness (QED) is 0.838. The number of carboxylic acid groups (broad SMARTS) is 1. The summed E-state index contributed by atoms with van der Waals surface area (Å²) in [6, 6.07) is -0.587. The van der Waals surface area contributed by atoms with E-state index in [0.29, 0.717) is 11.7 Å². The predicted molar refractivity (Wildman–Crippen MR) is 77.6 cm³/mol. The Morgan fingerprint density at radius 1 is 1.10 bits per heavy atom. The Morgan fingerprint density at radius 2 is 1.80 bits per heavy atom. The van der Waals surface area contributed by atoms with Crippen molar-refractivity contribution >= 4 is 23.8 Å². The summed E-state index contributed by atoms with van der Waals surface area (Å²) in [4.78, 5) is 25.5. The number of urea groups is 1. The minimum Gasteiger partial charge on any atom is -0.480 e. The Labute approximate surface area is 123 Å². The number of aliphatic carboxylic acids is 1. The number of nitrogens with zero attached hydrogens (tertiary/aromatic N) is 1. The second-order valence-electron chi connectivity index (χ2n) is 6.11. The number of thioether (sulfide) groups is 1. The molecule has 2 unspecified atom stereocenters. The van der Waals surface area contributed by atoms with E-state index in [1.807, 2.05) is 0 Å². The lowest BCUT2D eigenvalue weighted by Gasteiger charge is -2.31. The minimum absolute atomic E-state index is 0.0692. The van der Waals surface area contributed by atoms with Gasteiger partial charge in [-0.05, 0) is 31.6 Å². The fourth-order valence-corrected chi connectivity index (χ4v) is 4.85. The smallest absolute Gasteiger partial charge is 0.327 e. The van der Waals surface area contributed by atoms with Gasteiger partial charge in [0.05, 0.1) is 5.37 Å². The summed E-state index contributed by atoms with van der Waals surface area (Å²) < 4.78 is 0. The van der Waals surface area contributed by atoms with E-state index >= 15 is 0 Å². The van der Waals surface area contributed by atoms with Crippen LogP contribution in [0.3, 0.4) is 0 Å². The molecule has 3 rings (SSSR count). The molecule has 2 amide bonds. The molecule has 3 fully saturated rings. The van der Waals surface area contributed by atoms with Crippen molar-refractivity contribution in [3.05, 3.63) is 0 Å². The molecule has 6 heteroatoms. The van der Waals surface area contributed by atoms with E-state index in [4.69, 9.17) is 0 Å². The Balaban J connectivity index is 1.66. The van der Waals surface area contributed by atoms with Crippen molar-refractivity contribution < 1.29 is 14.7 Å². The normalized spacial score (nSPS) is 31.3. The summed E-state index contributed by atoms with van der Waals surface area (Å²) in [6.45, 7) is 0. The van der Waals surface area contributed by atoms with E-state index in [2.05, 4.69) is 5.32 Å². The first-order valence-electron chi connectivity index (χ1n) is 7.60. The van der Waals surface area contributed by atoms with Crippen LogP contribution in [0.5, 0.6) is 0 Å². The van der Waals surface area contributed by atoms with Crippen molar-refractivity contribution in [2.24, 2.45) is 5.92 Å². The van der Waals surface area contributed by atoms with Crippen molar-refractivity contribution in [1.29, 1.82) is 0 Å². The molecule has 2 N–H and O–H groups in total. The average molecular weight is 298 g/mol. The molecule has 0 bridgehead atoms. The van der Waals surface area contributed by atoms with Crippen LogP contribution in [0.1, 0.15) is 44.9 Å². The van der Waals surface area contributed by atoms with E-state index in [9.17, 15) is 14.7 Å². The van der Waals surface area contributed by atoms with Crippen molar-refractivity contribution in [3.8, 4) is 0 Å². The molecule has 112 valence electrons. The topological polar surface area (TPSA) is 69.6 Å². The van der Waals surface area contributed by atoms with Crippen molar-refractivity contribution in [2.75, 3.05) is 5.75 Å². The molecule has 2 aliphatic carbocycles. The highest BCUT2D eigenvalue weighted by Gasteiger charge is 2.48. The number of carboxylic acids is 1. The molecule has 0 aromatic carbocycles. The maximum absolute atomic E-state index is 12.5. The Morgan fingerprint density at radius 3 is 2.40 bits per heavy atom. The summed E-state index contributed by atoms with van der Waals surface area (Å²) in [5.41, 5.74) is 0. The highest BCUT2D eigenvalue weighted by molar-refractivity contribution is 8.00. The molecule has 2 atom stereocenters. The molecule has 1 saturated heterocycles. The first-order valence-corrected chi connectivity index (χ1v) is 8.65. The number of carbonyl (C=O) groups is 2. The molecule has 2 saturated carbocycles. The molecule has 0 aromatic rings. The molecule has 0 radical (unpaired) electrons. The summed E-state index contributed by atoms with van der Waals surface area (Å²) in [6.07, 6.45) is 7.86. The Hall–Kier alpha value is -0.910. The number of carbonyl (C=O) groups excluding carboxylic acids is 1. The molecular weight excluding hydrogens is 276 g/mol. The van der Waals surface area contributed by atoms with Crippen LogP contribution in [-0.2, 0) is 4.79 Å². The van der Waals surface area contributed by atoms with Crippen LogP contribution in [0.15, 0.2) is 0 Å². The average Bonchev–Trinajstić information content (AvgIpc) is 3.17. The van der Waals surface area contributed by atoms with E-state index in [1.165, 1.54) is 6.42 Å². The van der Waals surface area contributed by atoms with Crippen LogP contribution in [0.2, 0.25) is 0 Å². The van der Waals surface area contributed by atoms with Crippen LogP contribution >= 0.6 is 11.8 Å². The summed E-state index contributed by atoms with van der Waals surface area (Å²) in [7, 11) is 0. The van der Waals surface area contributed by atoms with Crippen LogP contribution in [0.4, 0.5) is 4.79 Å². The highest BCUT2D eigenvalue weighted by Crippen LogP contribution is 2.45. The summed E-state index contributed by atoms with van der Waals surface area (Å²) >= 11 is 1.63. The number of hydrogen-bond acceptors (Lipinski definition) is 3. The maximum atomic E-state index is 12.5. The molecule has 1 heterocycles. The van der Waals surface area contributed by atoms with E-state index in [1.54, 1.807) is 16.7 Å². The lowest BCUT2D eigenvalue weighted by atomic mass is 9.96. The third-order valence-electron chi connectivity index (χ3n) is 4.51. The summed E-state index contributed by atoms with van der Waals surface area (Å²) in [5, 5.41) is 12.5. The first kappa shape index (κ1) is 14.0. The fraction of sp³-hybridized carbons (Fsp3) is 0.857. The van der Waals surface area contributed by atoms with Gasteiger partial charge in [0.15, 0.2) is 0 Å². The Kier molecular flexibility index (Phi) is 4.10. The minimum atomic E-state index is -0.876. The van der Waals surface area contributed by atoms with E-state index < -0.39 is 12.0 Å². The van der Waals surface area contributed by atoms with Gasteiger partial charge in [-0.15, -0.1) is 11.8 Å². The van der Waals surface area contributed by atoms with Gasteiger partial charge in [0, 0.05) is 11.8 Å². The fourth-order valence-electron chi connectivity index (χ4n) is 3.22. The number of nitrogens with one attached hydrogen (secondary N) is 1. The monoisotopic (exact) mass is 298 g/mol. The zero-order valence-corrected chi connectivity index (χ0v) is 12.4. The van der Waals surface area contributed by atoms with Gasteiger partial charge in [0.2, 0.25) is 0 Å². The van der Waals surface area contributed by atoms with Gasteiger partial charge in [-0.1, -0.05) is 19.3 Å². The van der Waals surface area contributed by atoms with E-state index in [0.717, 1.165) is 38.5 Å². The maximum Gasteiger partial charge on any atom is 0.327 e. The lowest BCUT2D eigenvalue weighted by molar-refractivity contribution is -0.141. The third-order valence-corrected chi connectivity index (χ3v) is 5.97. The molecule has 20 heavy (non-hydrogen) atoms. The molecule has 5 nitrogen and oxygen atoms in total. The molecule has 0 spiro atoms. The molecule has 3 aliphatic rings. The Bertz CT molecular complexity index is 394. The molecule has 0 aromatic heterocycles. The van der Waals surface area contributed by atoms with Crippen LogP contribution < -0.4 is 5.32 Å². The largest absolute Gasteiger partial charge is 0.480 e. The van der Waals surface area contributed by atoms with Crippen LogP contribution in [0, 0.1) is 5.92 Å². The zero-order chi connectivity index (χ0) is 14.1. The van der Waals surface area contributed by atoms with Gasteiger partial charge in [0.25, 0.3) is 0 Å². The van der Waals surface area contributed by atoms with Crippen LogP contribution in [0.25, 0.3) is 0 Å². The second-order valence-corrected chi connectivity index (χ2v) is 7.26. The van der Waals surface area contributed by atoms with Gasteiger partial charge < -0.3 is 10.4 Å². The van der Waals surface area contributed by atoms with Crippen molar-refractivity contribution in [2.45, 2.75) is 62.4 Å². The lowest BCUT2D eigenvalue weighted by Crippen LogP contribution is -2.53. The van der Waals surface area contributed by atoms with Gasteiger partial charge in [-0.3, -0.25) is 4.90 Å². The zero-order valence-electron chi connectivity index (χ0n) is 11.6.